The Morgan fingerprint density at radius 2 is 0.959 bits per heavy atom. The second-order valence-corrected chi connectivity index (χ2v) is 24.0. The molecule has 0 heterocycles. The molecule has 0 fully saturated rings. The van der Waals surface area contributed by atoms with Gasteiger partial charge in [0.05, 0.1) is 52.2 Å². The van der Waals surface area contributed by atoms with E-state index in [-0.39, 0.29) is 40.0 Å². The fourth-order valence-electron chi connectivity index (χ4n) is 5.63. The van der Waals surface area contributed by atoms with Crippen LogP contribution in [0.15, 0.2) is 127 Å². The third kappa shape index (κ3) is 15.1. The van der Waals surface area contributed by atoms with Crippen molar-refractivity contribution in [1.82, 2.24) is 0 Å². The molecule has 0 saturated heterocycles. The van der Waals surface area contributed by atoms with Gasteiger partial charge in [-0.2, -0.15) is 38.8 Å². The van der Waals surface area contributed by atoms with Gasteiger partial charge in [-0.15, -0.1) is 34.2 Å². The van der Waals surface area contributed by atoms with E-state index in [4.69, 9.17) is 15.1 Å². The number of hydrogen-bond donors (Lipinski definition) is 9. The lowest BCUT2D eigenvalue weighted by atomic mass is 10.1. The van der Waals surface area contributed by atoms with Crippen molar-refractivity contribution in [2.45, 2.75) is 29.4 Å². The topological polar surface area (TPSA) is 516 Å². The van der Waals surface area contributed by atoms with E-state index in [1.165, 1.54) is 12.1 Å². The Bertz CT molecular complexity index is 3750. The molecule has 0 saturated carbocycles. The van der Waals surface area contributed by atoms with Crippen molar-refractivity contribution >= 4 is 130 Å². The van der Waals surface area contributed by atoms with E-state index in [2.05, 4.69) is 57.8 Å². The summed E-state index contributed by atoms with van der Waals surface area (Å²) < 4.78 is 203. The molecule has 5 rings (SSSR count). The average molecular weight is 1190 g/mol. The Balaban J connectivity index is 1.73. The van der Waals surface area contributed by atoms with Crippen molar-refractivity contribution in [3.05, 3.63) is 66.7 Å². The van der Waals surface area contributed by atoms with E-state index in [1.807, 2.05) is 0 Å². The maximum Gasteiger partial charge on any atom is 0.397 e. The number of fused-ring (bicyclic) bond motifs is 1. The fourth-order valence-corrected chi connectivity index (χ4v) is 11.3. The van der Waals surface area contributed by atoms with Gasteiger partial charge in [0.15, 0.2) is 66.3 Å². The van der Waals surface area contributed by atoms with Crippen LogP contribution < -0.4 is 0 Å². The smallest absolute Gasteiger partial charge is 0.397 e. The summed E-state index contributed by atoms with van der Waals surface area (Å²) in [7, 11) is -30.1. The first kappa shape index (κ1) is 58.4. The van der Waals surface area contributed by atoms with Crippen LogP contribution in [0, 0.1) is 0 Å². The first-order valence-electron chi connectivity index (χ1n) is 18.2. The largest absolute Gasteiger partial charge is 0.504 e. The number of sulfone groups is 2. The van der Waals surface area contributed by atoms with Crippen LogP contribution in [0.3, 0.4) is 0 Å². The molecule has 9 N–H and O–H groups in total. The summed E-state index contributed by atoms with van der Waals surface area (Å²) in [5, 5.41) is 79.4. The van der Waals surface area contributed by atoms with Gasteiger partial charge >= 0.3 is 10.4 Å². The minimum atomic E-state index is -5.50. The van der Waals surface area contributed by atoms with Crippen LogP contribution in [0.25, 0.3) is 10.8 Å². The molecule has 0 bridgehead atoms. The molecule has 0 spiro atoms. The molecule has 33 nitrogen and oxygen atoms in total. The van der Waals surface area contributed by atoms with E-state index in [1.54, 1.807) is 0 Å². The Morgan fingerprint density at radius 1 is 0.493 bits per heavy atom. The Morgan fingerprint density at radius 3 is 1.41 bits per heavy atom. The summed E-state index contributed by atoms with van der Waals surface area (Å²) in [6, 6.07) is 8.94. The van der Waals surface area contributed by atoms with Gasteiger partial charge in [-0.05, 0) is 60.0 Å². The van der Waals surface area contributed by atoms with Crippen LogP contribution in [0.5, 0.6) is 17.2 Å². The second kappa shape index (κ2) is 23.4. The molecule has 41 heteroatoms. The summed E-state index contributed by atoms with van der Waals surface area (Å²) in [5.74, 6) is -6.40. The van der Waals surface area contributed by atoms with Crippen molar-refractivity contribution in [1.29, 1.82) is 0 Å². The third-order valence-electron chi connectivity index (χ3n) is 8.72. The van der Waals surface area contributed by atoms with E-state index in [0.717, 1.165) is 24.3 Å². The quantitative estimate of drug-likeness (QED) is 0.00888. The van der Waals surface area contributed by atoms with Crippen molar-refractivity contribution in [2.24, 2.45) is 30.7 Å². The number of aromatic hydroxyl groups is 3. The molecule has 73 heavy (non-hydrogen) atoms. The summed E-state index contributed by atoms with van der Waals surface area (Å²) in [6.07, 6.45) is 0. The predicted molar refractivity (Wildman–Crippen MR) is 241 cm³/mol. The summed E-state index contributed by atoms with van der Waals surface area (Å²) in [5.41, 5.74) is -6.03. The van der Waals surface area contributed by atoms with Gasteiger partial charge in [-0.3, -0.25) is 22.4 Å². The SMILES string of the molecule is O=S(=O)(O)OCCS(=O)(=O)c1ccc(N=Nc2c(O)c(N=Nc3cc(SOOO)c4cccc(S(=O)(=O)O)c4c3)c(O)c(N=Nc3ccc(S(=O)(=O)CCOSOOO)cc3S(=O)(=O)O)c2O)c(S(=O)(=O)O)c1. The number of rotatable bonds is 24. The molecule has 0 aromatic heterocycles. The van der Waals surface area contributed by atoms with Crippen LogP contribution in [0.1, 0.15) is 0 Å². The van der Waals surface area contributed by atoms with E-state index >= 15 is 0 Å². The molecule has 0 radical (unpaired) electrons. The highest BCUT2D eigenvalue weighted by Gasteiger charge is 2.28. The zero-order valence-electron chi connectivity index (χ0n) is 35.0. The third-order valence-corrected chi connectivity index (χ3v) is 16.2. The average Bonchev–Trinajstić information content (AvgIpc) is 3.28. The number of azo groups is 3. The van der Waals surface area contributed by atoms with Crippen LogP contribution in [0.4, 0.5) is 34.1 Å². The molecule has 5 aromatic carbocycles. The maximum absolute atomic E-state index is 12.9. The second-order valence-electron chi connectivity index (χ2n) is 13.3. The van der Waals surface area contributed by atoms with Crippen LogP contribution in [-0.2, 0) is 87.5 Å². The van der Waals surface area contributed by atoms with Gasteiger partial charge in [0, 0.05) is 10.3 Å². The maximum atomic E-state index is 12.9. The van der Waals surface area contributed by atoms with Gasteiger partial charge < -0.3 is 15.3 Å². The van der Waals surface area contributed by atoms with Gasteiger partial charge in [-0.1, -0.05) is 22.2 Å². The number of phenols is 3. The molecule has 0 aliphatic heterocycles. The Kier molecular flexibility index (Phi) is 18.7. The fraction of sp³-hybridized carbons (Fsp3) is 0.125. The normalized spacial score (nSPS) is 13.3. The molecular weight excluding hydrogens is 1160 g/mol. The molecule has 396 valence electrons. The zero-order chi connectivity index (χ0) is 54.3. The first-order chi connectivity index (χ1) is 33.9. The van der Waals surface area contributed by atoms with Crippen molar-refractivity contribution < 1.29 is 122 Å². The van der Waals surface area contributed by atoms with E-state index in [9.17, 15) is 79.5 Å². The zero-order valence-corrected chi connectivity index (χ0v) is 41.5. The number of hydrogen-bond acceptors (Lipinski definition) is 31. The molecule has 5 aromatic rings. The van der Waals surface area contributed by atoms with Gasteiger partial charge in [0.25, 0.3) is 30.4 Å². The molecular formula is C32H28N6O27S8. The predicted octanol–water partition coefficient (Wildman–Crippen LogP) is 5.74. The minimum Gasteiger partial charge on any atom is -0.504 e. The number of nitrogens with zero attached hydrogens (tertiary/aromatic N) is 6. The number of benzene rings is 5. The molecule has 0 aliphatic rings. The highest BCUT2D eigenvalue weighted by Crippen LogP contribution is 2.57. The standard InChI is InChI=1S/C32H28N6O27S8/c39-30-27(36-33-16-12-20-19(23(13-16)66-64-62-42)2-1-3-24(20)70(48,49)50)31(40)29(38-35-22-7-5-18(15-26(22)72(54,55)56)69(46,47)11-9-61-73(57,58)59)32(41)28(30)37-34-21-6-4-17(14-25(21)71(51,52)53)68(44,45)10-8-60-67-65-63-43/h1-7,12-15,39-43H,8-11H2,(H,48,49,50)(H,51,52,53)(H,54,55,56)(H,57,58,59). The first-order valence-corrected chi connectivity index (χ1v) is 28.6. The van der Waals surface area contributed by atoms with Gasteiger partial charge in [0.2, 0.25) is 0 Å². The van der Waals surface area contributed by atoms with Gasteiger partial charge in [-0.25, -0.2) is 31.5 Å². The summed E-state index contributed by atoms with van der Waals surface area (Å²) in [4.78, 5) is -5.08. The van der Waals surface area contributed by atoms with Crippen LogP contribution >= 0.6 is 24.4 Å². The van der Waals surface area contributed by atoms with Crippen molar-refractivity contribution in [3.63, 3.8) is 0 Å². The van der Waals surface area contributed by atoms with Gasteiger partial charge in [0.1, 0.15) is 26.1 Å². The highest BCUT2D eigenvalue weighted by molar-refractivity contribution is 7.95. The molecule has 0 aliphatic carbocycles. The summed E-state index contributed by atoms with van der Waals surface area (Å²) >= 11 is 0.280. The molecule has 0 amide bonds. The lowest BCUT2D eigenvalue weighted by Gasteiger charge is -2.11. The van der Waals surface area contributed by atoms with Crippen molar-refractivity contribution in [2.75, 3.05) is 24.7 Å². The van der Waals surface area contributed by atoms with Crippen molar-refractivity contribution in [3.8, 4) is 17.2 Å². The molecule has 0 unspecified atom stereocenters. The lowest BCUT2D eigenvalue weighted by Crippen LogP contribution is -2.16. The highest BCUT2D eigenvalue weighted by atomic mass is 32.3. The van der Waals surface area contributed by atoms with Crippen LogP contribution in [-0.4, -0.2) is 119 Å². The van der Waals surface area contributed by atoms with E-state index < -0.39 is 161 Å². The monoisotopic (exact) mass is 1180 g/mol. The number of phenolic OH excluding ortho intramolecular Hbond substituents is 3. The van der Waals surface area contributed by atoms with E-state index in [0.29, 0.717) is 30.3 Å². The summed E-state index contributed by atoms with van der Waals surface area (Å²) in [6.45, 7) is -1.80. The Labute approximate surface area is 417 Å². The Hall–Kier alpha value is -5.52. The minimum absolute atomic E-state index is 0.0168. The molecule has 0 atom stereocenters. The lowest BCUT2D eigenvalue weighted by molar-refractivity contribution is -0.434. The van der Waals surface area contributed by atoms with Crippen LogP contribution in [0.2, 0.25) is 0 Å².